The van der Waals surface area contributed by atoms with Crippen molar-refractivity contribution < 1.29 is 27.0 Å². The maximum atomic E-state index is 12.5. The summed E-state index contributed by atoms with van der Waals surface area (Å²) in [6, 6.07) is 12.9. The summed E-state index contributed by atoms with van der Waals surface area (Å²) in [4.78, 5) is 0. The predicted octanol–water partition coefficient (Wildman–Crippen LogP) is 3.10. The third kappa shape index (κ3) is 4.79. The molecule has 0 aliphatic carbocycles. The Balaban J connectivity index is 1.57. The van der Waals surface area contributed by atoms with Gasteiger partial charge in [0, 0.05) is 11.9 Å². The van der Waals surface area contributed by atoms with Crippen molar-refractivity contribution in [2.24, 2.45) is 0 Å². The van der Waals surface area contributed by atoms with Crippen molar-refractivity contribution in [2.45, 2.75) is 52.0 Å². The van der Waals surface area contributed by atoms with E-state index in [0.717, 1.165) is 16.4 Å². The highest BCUT2D eigenvalue weighted by Gasteiger charge is 2.51. The van der Waals surface area contributed by atoms with Gasteiger partial charge in [-0.1, -0.05) is 23.4 Å². The molecule has 0 atom stereocenters. The van der Waals surface area contributed by atoms with E-state index in [-0.39, 0.29) is 13.1 Å². The standard InChI is InChI=1S/C23H29BN2O6S/c1-22(2)23(3,4)32-24(31-22)17-9-12-19-20(25-30-21(19)13-17)15-26(33(6,27)28)14-16-7-10-18(29-5)11-8-16/h7-13H,14-15H2,1-6H3. The van der Waals surface area contributed by atoms with Gasteiger partial charge < -0.3 is 18.6 Å². The van der Waals surface area contributed by atoms with Gasteiger partial charge >= 0.3 is 7.12 Å². The molecule has 0 saturated carbocycles. The zero-order chi connectivity index (χ0) is 24.0. The van der Waals surface area contributed by atoms with Crippen molar-refractivity contribution in [3.8, 4) is 5.75 Å². The van der Waals surface area contributed by atoms with E-state index in [2.05, 4.69) is 5.16 Å². The van der Waals surface area contributed by atoms with Gasteiger partial charge in [0.1, 0.15) is 11.4 Å². The van der Waals surface area contributed by atoms with Crippen LogP contribution in [0.25, 0.3) is 11.0 Å². The van der Waals surface area contributed by atoms with E-state index < -0.39 is 28.3 Å². The van der Waals surface area contributed by atoms with Crippen LogP contribution in [-0.2, 0) is 32.4 Å². The van der Waals surface area contributed by atoms with Crippen LogP contribution in [0.2, 0.25) is 0 Å². The monoisotopic (exact) mass is 472 g/mol. The highest BCUT2D eigenvalue weighted by Crippen LogP contribution is 2.36. The van der Waals surface area contributed by atoms with Gasteiger partial charge in [0.15, 0.2) is 5.58 Å². The fourth-order valence-electron chi connectivity index (χ4n) is 3.64. The maximum absolute atomic E-state index is 12.5. The van der Waals surface area contributed by atoms with Crippen molar-refractivity contribution >= 4 is 33.6 Å². The molecule has 4 rings (SSSR count). The number of nitrogens with zero attached hydrogens (tertiary/aromatic N) is 2. The summed E-state index contributed by atoms with van der Waals surface area (Å²) in [6.45, 7) is 8.31. The molecule has 0 radical (unpaired) electrons. The molecule has 1 aliphatic rings. The molecule has 2 heterocycles. The average Bonchev–Trinajstić information content (AvgIpc) is 3.23. The summed E-state index contributed by atoms with van der Waals surface area (Å²) in [5.41, 5.74) is 1.87. The number of fused-ring (bicyclic) bond motifs is 1. The first kappa shape index (κ1) is 23.8. The molecule has 8 nitrogen and oxygen atoms in total. The average molecular weight is 472 g/mol. The second-order valence-electron chi connectivity index (χ2n) is 9.35. The molecule has 1 aromatic heterocycles. The lowest BCUT2D eigenvalue weighted by atomic mass is 9.79. The molecule has 0 unspecified atom stereocenters. The van der Waals surface area contributed by atoms with Crippen LogP contribution < -0.4 is 10.2 Å². The Morgan fingerprint density at radius 1 is 1.00 bits per heavy atom. The zero-order valence-electron chi connectivity index (χ0n) is 19.8. The Kier molecular flexibility index (Phi) is 6.07. The Morgan fingerprint density at radius 3 is 2.21 bits per heavy atom. The lowest BCUT2D eigenvalue weighted by molar-refractivity contribution is 0.00578. The van der Waals surface area contributed by atoms with E-state index >= 15 is 0 Å². The molecule has 1 saturated heterocycles. The van der Waals surface area contributed by atoms with Crippen molar-refractivity contribution in [2.75, 3.05) is 13.4 Å². The second-order valence-corrected chi connectivity index (χ2v) is 11.3. The maximum Gasteiger partial charge on any atom is 0.494 e. The van der Waals surface area contributed by atoms with Gasteiger partial charge in [-0.25, -0.2) is 8.42 Å². The smallest absolute Gasteiger partial charge is 0.494 e. The van der Waals surface area contributed by atoms with Gasteiger partial charge in [-0.05, 0) is 63.0 Å². The van der Waals surface area contributed by atoms with Crippen molar-refractivity contribution in [1.29, 1.82) is 0 Å². The molecule has 1 fully saturated rings. The van der Waals surface area contributed by atoms with Gasteiger partial charge in [-0.15, -0.1) is 0 Å². The molecule has 1 aliphatic heterocycles. The minimum atomic E-state index is -3.49. The third-order valence-electron chi connectivity index (χ3n) is 6.41. The Hall–Kier alpha value is -2.40. The summed E-state index contributed by atoms with van der Waals surface area (Å²) in [7, 11) is -2.42. The number of hydrogen-bond acceptors (Lipinski definition) is 7. The number of ether oxygens (including phenoxy) is 1. The normalized spacial score (nSPS) is 17.7. The van der Waals surface area contributed by atoms with E-state index in [4.69, 9.17) is 18.6 Å². The van der Waals surface area contributed by atoms with Crippen LogP contribution in [0.5, 0.6) is 5.75 Å². The number of benzene rings is 2. The van der Waals surface area contributed by atoms with Gasteiger partial charge in [-0.3, -0.25) is 0 Å². The summed E-state index contributed by atoms with van der Waals surface area (Å²) in [5, 5.41) is 4.91. The van der Waals surface area contributed by atoms with E-state index in [1.807, 2.05) is 58.0 Å². The molecule has 3 aromatic rings. The Bertz CT molecular complexity index is 1240. The van der Waals surface area contributed by atoms with E-state index in [1.54, 1.807) is 19.2 Å². The Labute approximate surface area is 195 Å². The molecule has 0 N–H and O–H groups in total. The van der Waals surface area contributed by atoms with Crippen LogP contribution in [0.3, 0.4) is 0 Å². The van der Waals surface area contributed by atoms with Crippen molar-refractivity contribution in [3.63, 3.8) is 0 Å². The highest BCUT2D eigenvalue weighted by atomic mass is 32.2. The van der Waals surface area contributed by atoms with Crippen LogP contribution >= 0.6 is 0 Å². The molecule has 2 aromatic carbocycles. The quantitative estimate of drug-likeness (QED) is 0.488. The minimum Gasteiger partial charge on any atom is -0.497 e. The fourth-order valence-corrected chi connectivity index (χ4v) is 4.38. The Morgan fingerprint density at radius 2 is 1.64 bits per heavy atom. The van der Waals surface area contributed by atoms with Crippen molar-refractivity contribution in [1.82, 2.24) is 9.46 Å². The molecule has 0 amide bonds. The van der Waals surface area contributed by atoms with Gasteiger partial charge in [0.2, 0.25) is 10.0 Å². The molecule has 33 heavy (non-hydrogen) atoms. The number of methoxy groups -OCH3 is 1. The van der Waals surface area contributed by atoms with Crippen LogP contribution in [0.1, 0.15) is 39.0 Å². The van der Waals surface area contributed by atoms with E-state index in [9.17, 15) is 8.42 Å². The first-order valence-corrected chi connectivity index (χ1v) is 12.6. The predicted molar refractivity (Wildman–Crippen MR) is 127 cm³/mol. The van der Waals surface area contributed by atoms with Crippen LogP contribution in [0, 0.1) is 0 Å². The molecule has 0 bridgehead atoms. The lowest BCUT2D eigenvalue weighted by Crippen LogP contribution is -2.41. The summed E-state index contributed by atoms with van der Waals surface area (Å²) in [5.74, 6) is 0.713. The van der Waals surface area contributed by atoms with Crippen molar-refractivity contribution in [3.05, 3.63) is 53.7 Å². The minimum absolute atomic E-state index is 0.0910. The molecule has 10 heteroatoms. The number of rotatable bonds is 7. The van der Waals surface area contributed by atoms with E-state index in [0.29, 0.717) is 17.0 Å². The van der Waals surface area contributed by atoms with Gasteiger partial charge in [-0.2, -0.15) is 4.31 Å². The van der Waals surface area contributed by atoms with Crippen LogP contribution in [-0.4, -0.2) is 49.6 Å². The van der Waals surface area contributed by atoms with E-state index in [1.165, 1.54) is 10.6 Å². The number of sulfonamides is 1. The first-order chi connectivity index (χ1) is 15.4. The summed E-state index contributed by atoms with van der Waals surface area (Å²) >= 11 is 0. The van der Waals surface area contributed by atoms with Gasteiger partial charge in [0.05, 0.1) is 31.1 Å². The topological polar surface area (TPSA) is 91.1 Å². The SMILES string of the molecule is COc1ccc(CN(Cc2noc3cc(B4OC(C)(C)C(C)(C)O4)ccc23)S(C)(=O)=O)cc1. The first-order valence-electron chi connectivity index (χ1n) is 10.7. The molecule has 0 spiro atoms. The molecule has 176 valence electrons. The number of aromatic nitrogens is 1. The fraction of sp³-hybridized carbons (Fsp3) is 0.435. The third-order valence-corrected chi connectivity index (χ3v) is 7.61. The van der Waals surface area contributed by atoms with Gasteiger partial charge in [0.25, 0.3) is 0 Å². The van der Waals surface area contributed by atoms with Crippen LogP contribution in [0.15, 0.2) is 47.0 Å². The molecular formula is C23H29BN2O6S. The van der Waals surface area contributed by atoms with Crippen LogP contribution in [0.4, 0.5) is 0 Å². The largest absolute Gasteiger partial charge is 0.497 e. The second kappa shape index (κ2) is 8.43. The lowest BCUT2D eigenvalue weighted by Gasteiger charge is -2.32. The molecular weight excluding hydrogens is 443 g/mol. The number of hydrogen-bond donors (Lipinski definition) is 0. The summed E-state index contributed by atoms with van der Waals surface area (Å²) < 4.78 is 49.3. The highest BCUT2D eigenvalue weighted by molar-refractivity contribution is 7.88. The zero-order valence-corrected chi connectivity index (χ0v) is 20.6. The summed E-state index contributed by atoms with van der Waals surface area (Å²) in [6.07, 6.45) is 1.19.